The standard InChI is InChI=1S/C9H18N2O/c1-6(2)8-4-10-5-9(12)11-7(8)3/h6-8,10H,4-5H2,1-3H3,(H,11,12). The van der Waals surface area contributed by atoms with Crippen LogP contribution in [0.25, 0.3) is 0 Å². The highest BCUT2D eigenvalue weighted by Crippen LogP contribution is 2.15. The fourth-order valence-corrected chi connectivity index (χ4v) is 1.75. The third-order valence-electron chi connectivity index (χ3n) is 2.55. The first kappa shape index (κ1) is 9.52. The Hall–Kier alpha value is -0.570. The van der Waals surface area contributed by atoms with Gasteiger partial charge in [-0.15, -0.1) is 0 Å². The summed E-state index contributed by atoms with van der Waals surface area (Å²) in [7, 11) is 0. The molecule has 0 aliphatic carbocycles. The molecule has 0 saturated carbocycles. The van der Waals surface area contributed by atoms with Crippen molar-refractivity contribution in [1.82, 2.24) is 10.6 Å². The van der Waals surface area contributed by atoms with Crippen LogP contribution >= 0.6 is 0 Å². The van der Waals surface area contributed by atoms with E-state index in [2.05, 4.69) is 31.4 Å². The van der Waals surface area contributed by atoms with Crippen molar-refractivity contribution >= 4 is 5.91 Å². The lowest BCUT2D eigenvalue weighted by atomic mass is 9.89. The summed E-state index contributed by atoms with van der Waals surface area (Å²) in [5.41, 5.74) is 0. The monoisotopic (exact) mass is 170 g/mol. The predicted octanol–water partition coefficient (Wildman–Crippen LogP) is 0.366. The average Bonchev–Trinajstić information content (AvgIpc) is 2.10. The van der Waals surface area contributed by atoms with Gasteiger partial charge >= 0.3 is 0 Å². The van der Waals surface area contributed by atoms with E-state index in [1.54, 1.807) is 0 Å². The molecular formula is C9H18N2O. The van der Waals surface area contributed by atoms with Gasteiger partial charge in [-0.2, -0.15) is 0 Å². The molecule has 1 fully saturated rings. The lowest BCUT2D eigenvalue weighted by Crippen LogP contribution is -2.39. The molecule has 2 atom stereocenters. The zero-order valence-electron chi connectivity index (χ0n) is 8.05. The maximum absolute atomic E-state index is 11.1. The molecule has 0 aromatic rings. The molecule has 0 spiro atoms. The van der Waals surface area contributed by atoms with Crippen molar-refractivity contribution in [3.63, 3.8) is 0 Å². The van der Waals surface area contributed by atoms with Crippen LogP contribution in [0.3, 0.4) is 0 Å². The van der Waals surface area contributed by atoms with Crippen LogP contribution in [0.1, 0.15) is 20.8 Å². The fraction of sp³-hybridized carbons (Fsp3) is 0.889. The predicted molar refractivity (Wildman–Crippen MR) is 48.8 cm³/mol. The minimum absolute atomic E-state index is 0.116. The summed E-state index contributed by atoms with van der Waals surface area (Å²) >= 11 is 0. The highest BCUT2D eigenvalue weighted by molar-refractivity contribution is 5.78. The Labute approximate surface area is 73.9 Å². The van der Waals surface area contributed by atoms with Crippen molar-refractivity contribution in [2.24, 2.45) is 11.8 Å². The number of amides is 1. The summed E-state index contributed by atoms with van der Waals surface area (Å²) in [6.07, 6.45) is 0. The molecule has 0 radical (unpaired) electrons. The lowest BCUT2D eigenvalue weighted by Gasteiger charge is -2.24. The van der Waals surface area contributed by atoms with Gasteiger partial charge in [0.2, 0.25) is 5.91 Å². The maximum Gasteiger partial charge on any atom is 0.234 e. The van der Waals surface area contributed by atoms with Crippen LogP contribution in [-0.4, -0.2) is 25.0 Å². The van der Waals surface area contributed by atoms with E-state index in [1.165, 1.54) is 0 Å². The van der Waals surface area contributed by atoms with E-state index in [4.69, 9.17) is 0 Å². The molecule has 1 amide bonds. The van der Waals surface area contributed by atoms with Crippen LogP contribution in [0.15, 0.2) is 0 Å². The van der Waals surface area contributed by atoms with Gasteiger partial charge in [0.25, 0.3) is 0 Å². The van der Waals surface area contributed by atoms with Crippen molar-refractivity contribution in [2.45, 2.75) is 26.8 Å². The molecule has 1 aliphatic rings. The first-order valence-electron chi connectivity index (χ1n) is 4.61. The van der Waals surface area contributed by atoms with Gasteiger partial charge in [0.15, 0.2) is 0 Å². The van der Waals surface area contributed by atoms with E-state index in [1.807, 2.05) is 0 Å². The first-order chi connectivity index (χ1) is 5.61. The lowest BCUT2D eigenvalue weighted by molar-refractivity contribution is -0.120. The molecule has 2 N–H and O–H groups in total. The number of nitrogens with one attached hydrogen (secondary N) is 2. The third kappa shape index (κ3) is 2.21. The van der Waals surface area contributed by atoms with Gasteiger partial charge in [0, 0.05) is 12.6 Å². The van der Waals surface area contributed by atoms with E-state index >= 15 is 0 Å². The summed E-state index contributed by atoms with van der Waals surface area (Å²) in [6, 6.07) is 0.299. The second kappa shape index (κ2) is 3.90. The average molecular weight is 170 g/mol. The van der Waals surface area contributed by atoms with Gasteiger partial charge < -0.3 is 10.6 Å². The van der Waals surface area contributed by atoms with Crippen LogP contribution in [0, 0.1) is 11.8 Å². The van der Waals surface area contributed by atoms with Crippen molar-refractivity contribution in [2.75, 3.05) is 13.1 Å². The summed E-state index contributed by atoms with van der Waals surface area (Å²) in [5.74, 6) is 1.29. The van der Waals surface area contributed by atoms with Gasteiger partial charge in [0.1, 0.15) is 0 Å². The Morgan fingerprint density at radius 1 is 1.50 bits per heavy atom. The summed E-state index contributed by atoms with van der Waals surface area (Å²) < 4.78 is 0. The fourth-order valence-electron chi connectivity index (χ4n) is 1.75. The molecule has 0 aromatic heterocycles. The molecule has 70 valence electrons. The Kier molecular flexibility index (Phi) is 3.09. The molecule has 1 heterocycles. The van der Waals surface area contributed by atoms with E-state index < -0.39 is 0 Å². The molecule has 3 heteroatoms. The van der Waals surface area contributed by atoms with E-state index in [9.17, 15) is 4.79 Å². The van der Waals surface area contributed by atoms with Gasteiger partial charge in [-0.1, -0.05) is 13.8 Å². The van der Waals surface area contributed by atoms with Gasteiger partial charge in [0.05, 0.1) is 6.54 Å². The summed E-state index contributed by atoms with van der Waals surface area (Å²) in [4.78, 5) is 11.1. The van der Waals surface area contributed by atoms with Crippen molar-refractivity contribution in [1.29, 1.82) is 0 Å². The summed E-state index contributed by atoms with van der Waals surface area (Å²) in [6.45, 7) is 7.88. The molecule has 3 nitrogen and oxygen atoms in total. The van der Waals surface area contributed by atoms with E-state index in [-0.39, 0.29) is 5.91 Å². The molecule has 1 aliphatic heterocycles. The molecule has 1 rings (SSSR count). The van der Waals surface area contributed by atoms with Crippen LogP contribution in [0.5, 0.6) is 0 Å². The zero-order valence-corrected chi connectivity index (χ0v) is 8.05. The van der Waals surface area contributed by atoms with E-state index in [0.717, 1.165) is 6.54 Å². The second-order valence-electron chi connectivity index (χ2n) is 3.89. The highest BCUT2D eigenvalue weighted by Gasteiger charge is 2.24. The van der Waals surface area contributed by atoms with Crippen LogP contribution < -0.4 is 10.6 Å². The zero-order chi connectivity index (χ0) is 9.14. The van der Waals surface area contributed by atoms with Crippen molar-refractivity contribution < 1.29 is 4.79 Å². The first-order valence-corrected chi connectivity index (χ1v) is 4.61. The van der Waals surface area contributed by atoms with Crippen molar-refractivity contribution in [3.05, 3.63) is 0 Å². The molecule has 2 unspecified atom stereocenters. The minimum Gasteiger partial charge on any atom is -0.352 e. The Balaban J connectivity index is 2.57. The Morgan fingerprint density at radius 2 is 2.17 bits per heavy atom. The quantitative estimate of drug-likeness (QED) is 0.597. The molecule has 12 heavy (non-hydrogen) atoms. The molecular weight excluding hydrogens is 152 g/mol. The second-order valence-corrected chi connectivity index (χ2v) is 3.89. The van der Waals surface area contributed by atoms with Crippen molar-refractivity contribution in [3.8, 4) is 0 Å². The van der Waals surface area contributed by atoms with Gasteiger partial charge in [-0.25, -0.2) is 0 Å². The third-order valence-corrected chi connectivity index (χ3v) is 2.55. The number of hydrogen-bond donors (Lipinski definition) is 2. The molecule has 0 bridgehead atoms. The summed E-state index contributed by atoms with van der Waals surface area (Å²) in [5, 5.41) is 6.12. The number of carbonyl (C=O) groups excluding carboxylic acids is 1. The Bertz CT molecular complexity index is 168. The number of hydrogen-bond acceptors (Lipinski definition) is 2. The van der Waals surface area contributed by atoms with E-state index in [0.29, 0.717) is 24.4 Å². The topological polar surface area (TPSA) is 41.1 Å². The van der Waals surface area contributed by atoms with Crippen LogP contribution in [0.4, 0.5) is 0 Å². The molecule has 0 aromatic carbocycles. The number of carbonyl (C=O) groups is 1. The smallest absolute Gasteiger partial charge is 0.234 e. The normalized spacial score (nSPS) is 31.5. The largest absolute Gasteiger partial charge is 0.352 e. The van der Waals surface area contributed by atoms with Crippen LogP contribution in [0.2, 0.25) is 0 Å². The number of rotatable bonds is 1. The van der Waals surface area contributed by atoms with Gasteiger partial charge in [-0.05, 0) is 18.8 Å². The van der Waals surface area contributed by atoms with Gasteiger partial charge in [-0.3, -0.25) is 4.79 Å². The maximum atomic E-state index is 11.1. The Morgan fingerprint density at radius 3 is 2.75 bits per heavy atom. The highest BCUT2D eigenvalue weighted by atomic mass is 16.2. The SMILES string of the molecule is CC(C)C1CNCC(=O)NC1C. The molecule has 1 saturated heterocycles. The minimum atomic E-state index is 0.116. The van der Waals surface area contributed by atoms with Crippen LogP contribution in [-0.2, 0) is 4.79 Å².